The van der Waals surface area contributed by atoms with E-state index in [2.05, 4.69) is 13.5 Å². The second-order valence-corrected chi connectivity index (χ2v) is 1.28. The molecule has 0 aromatic heterocycles. The Morgan fingerprint density at radius 3 is 2.29 bits per heavy atom. The van der Waals surface area contributed by atoms with Crippen LogP contribution in [0.15, 0.2) is 12.7 Å². The van der Waals surface area contributed by atoms with E-state index in [0.717, 1.165) is 12.8 Å². The van der Waals surface area contributed by atoms with Crippen molar-refractivity contribution in [2.45, 2.75) is 19.3 Å². The van der Waals surface area contributed by atoms with Crippen LogP contribution < -0.4 is 51.4 Å². The molecule has 0 unspecified atom stereocenters. The third-order valence-electron chi connectivity index (χ3n) is 0.658. The Morgan fingerprint density at radius 1 is 1.57 bits per heavy atom. The molecule has 0 saturated carbocycles. The average Bonchev–Trinajstić information content (AvgIpc) is 1.61. The summed E-state index contributed by atoms with van der Waals surface area (Å²) in [6, 6.07) is 0. The van der Waals surface area contributed by atoms with Gasteiger partial charge in [0.05, 0.1) is 0 Å². The van der Waals surface area contributed by atoms with Crippen LogP contribution in [0.25, 0.3) is 0 Å². The molecule has 0 heterocycles. The Balaban J connectivity index is 0. The number of hydrogen-bond acceptors (Lipinski definition) is 0. The fourth-order valence-corrected chi connectivity index (χ4v) is 0.289. The second kappa shape index (κ2) is 10.4. The third kappa shape index (κ3) is 11.1. The minimum atomic E-state index is 0. The molecule has 0 nitrogen and oxygen atoms in total. The van der Waals surface area contributed by atoms with Gasteiger partial charge < -0.3 is 6.92 Å². The molecule has 0 fully saturated rings. The van der Waals surface area contributed by atoms with Gasteiger partial charge in [-0.15, -0.1) is 6.58 Å². The zero-order valence-corrected chi connectivity index (χ0v) is 8.24. The molecule has 0 radical (unpaired) electrons. The van der Waals surface area contributed by atoms with Crippen molar-refractivity contribution in [3.8, 4) is 0 Å². The van der Waals surface area contributed by atoms with Gasteiger partial charge in [-0.05, 0) is 6.42 Å². The summed E-state index contributed by atoms with van der Waals surface area (Å²) in [5.41, 5.74) is 0. The molecule has 0 saturated heterocycles. The number of unbranched alkanes of at least 4 members (excludes halogenated alkanes) is 2. The minimum Gasteiger partial charge on any atom is -0.343 e. The first kappa shape index (κ1) is 11.2. The molecule has 0 N–H and O–H groups in total. The average molecular weight is 122 g/mol. The van der Waals surface area contributed by atoms with Gasteiger partial charge in [-0.3, -0.25) is 0 Å². The maximum Gasteiger partial charge on any atom is 1.00 e. The van der Waals surface area contributed by atoms with E-state index in [0.29, 0.717) is 0 Å². The summed E-state index contributed by atoms with van der Waals surface area (Å²) in [6.45, 7) is 7.25. The van der Waals surface area contributed by atoms with Crippen LogP contribution >= 0.6 is 0 Å². The zero-order chi connectivity index (χ0) is 4.83. The van der Waals surface area contributed by atoms with Crippen molar-refractivity contribution in [1.29, 1.82) is 0 Å². The van der Waals surface area contributed by atoms with Gasteiger partial charge in [-0.2, -0.15) is 6.42 Å². The van der Waals surface area contributed by atoms with E-state index in [9.17, 15) is 0 Å². The Bertz CT molecular complexity index is 33.2. The molecule has 0 spiro atoms. The van der Waals surface area contributed by atoms with Crippen LogP contribution in [0, 0.1) is 6.92 Å². The predicted molar refractivity (Wildman–Crippen MR) is 29.4 cm³/mol. The van der Waals surface area contributed by atoms with Gasteiger partial charge in [-0.25, -0.2) is 0 Å². The van der Waals surface area contributed by atoms with Gasteiger partial charge in [-0.1, -0.05) is 12.5 Å². The quantitative estimate of drug-likeness (QED) is 0.199. The maximum absolute atomic E-state index is 3.68. The van der Waals surface area contributed by atoms with Crippen LogP contribution in [0.3, 0.4) is 0 Å². The van der Waals surface area contributed by atoms with E-state index >= 15 is 0 Å². The molecule has 0 aliphatic rings. The maximum atomic E-state index is 3.68. The Hall–Kier alpha value is 1.38. The number of rotatable bonds is 3. The van der Waals surface area contributed by atoms with E-state index in [1.807, 2.05) is 6.08 Å². The smallest absolute Gasteiger partial charge is 0.343 e. The van der Waals surface area contributed by atoms with Crippen molar-refractivity contribution >= 4 is 0 Å². The largest absolute Gasteiger partial charge is 1.00 e. The van der Waals surface area contributed by atoms with Crippen LogP contribution in [0.1, 0.15) is 19.3 Å². The molecule has 7 heavy (non-hydrogen) atoms. The van der Waals surface area contributed by atoms with Crippen molar-refractivity contribution in [3.05, 3.63) is 19.6 Å². The molecule has 36 valence electrons. The van der Waals surface area contributed by atoms with Gasteiger partial charge in [0.2, 0.25) is 0 Å². The normalized spacial score (nSPS) is 7.00. The summed E-state index contributed by atoms with van der Waals surface area (Å²) in [6.07, 6.45) is 5.25. The SMILES string of the molecule is C=CCCC[CH2-].[K+]. The Labute approximate surface area is 88.8 Å². The van der Waals surface area contributed by atoms with E-state index in [1.54, 1.807) is 0 Å². The standard InChI is InChI=1S/C6H11.K/c1-3-5-6-4-2;/h3H,1-2,4-6H2;/q-1;+1. The summed E-state index contributed by atoms with van der Waals surface area (Å²) in [5, 5.41) is 0. The fourth-order valence-electron chi connectivity index (χ4n) is 0.289. The first-order valence-electron chi connectivity index (χ1n) is 2.32. The van der Waals surface area contributed by atoms with Crippen molar-refractivity contribution < 1.29 is 51.4 Å². The van der Waals surface area contributed by atoms with Crippen molar-refractivity contribution in [2.24, 2.45) is 0 Å². The molecule has 0 aliphatic heterocycles. The van der Waals surface area contributed by atoms with E-state index in [4.69, 9.17) is 0 Å². The topological polar surface area (TPSA) is 0 Å². The molecule has 0 aromatic carbocycles. The molecule has 0 amide bonds. The second-order valence-electron chi connectivity index (χ2n) is 1.28. The van der Waals surface area contributed by atoms with Crippen LogP contribution in [-0.4, -0.2) is 0 Å². The molecular weight excluding hydrogens is 111 g/mol. The van der Waals surface area contributed by atoms with Gasteiger partial charge in [0.1, 0.15) is 0 Å². The summed E-state index contributed by atoms with van der Waals surface area (Å²) in [4.78, 5) is 0. The van der Waals surface area contributed by atoms with Gasteiger partial charge in [0.25, 0.3) is 0 Å². The monoisotopic (exact) mass is 122 g/mol. The summed E-state index contributed by atoms with van der Waals surface area (Å²) >= 11 is 0. The minimum absolute atomic E-state index is 0. The first-order valence-corrected chi connectivity index (χ1v) is 2.32. The van der Waals surface area contributed by atoms with Gasteiger partial charge >= 0.3 is 51.4 Å². The fraction of sp³-hybridized carbons (Fsp3) is 0.500. The molecule has 0 rings (SSSR count). The Kier molecular flexibility index (Phi) is 16.6. The summed E-state index contributed by atoms with van der Waals surface area (Å²) < 4.78 is 0. The first-order chi connectivity index (χ1) is 2.91. The van der Waals surface area contributed by atoms with Crippen LogP contribution in [0.2, 0.25) is 0 Å². The molecule has 0 aromatic rings. The van der Waals surface area contributed by atoms with Gasteiger partial charge in [0.15, 0.2) is 0 Å². The van der Waals surface area contributed by atoms with Crippen LogP contribution in [0.5, 0.6) is 0 Å². The van der Waals surface area contributed by atoms with Gasteiger partial charge in [0, 0.05) is 0 Å². The van der Waals surface area contributed by atoms with Crippen LogP contribution in [0.4, 0.5) is 0 Å². The zero-order valence-electron chi connectivity index (χ0n) is 5.11. The number of hydrogen-bond donors (Lipinski definition) is 0. The van der Waals surface area contributed by atoms with Crippen molar-refractivity contribution in [1.82, 2.24) is 0 Å². The molecule has 0 aliphatic carbocycles. The molecule has 0 atom stereocenters. The number of allylic oxidation sites excluding steroid dienone is 1. The molecule has 1 heteroatoms. The van der Waals surface area contributed by atoms with Crippen molar-refractivity contribution in [2.75, 3.05) is 0 Å². The van der Waals surface area contributed by atoms with E-state index in [-0.39, 0.29) is 51.4 Å². The Morgan fingerprint density at radius 2 is 2.14 bits per heavy atom. The summed E-state index contributed by atoms with van der Waals surface area (Å²) in [5.74, 6) is 0. The molecule has 0 bridgehead atoms. The predicted octanol–water partition coefficient (Wildman–Crippen LogP) is -0.819. The summed E-state index contributed by atoms with van der Waals surface area (Å²) in [7, 11) is 0. The van der Waals surface area contributed by atoms with E-state index < -0.39 is 0 Å². The third-order valence-corrected chi connectivity index (χ3v) is 0.658. The van der Waals surface area contributed by atoms with Crippen molar-refractivity contribution in [3.63, 3.8) is 0 Å². The van der Waals surface area contributed by atoms with E-state index in [1.165, 1.54) is 6.42 Å². The molecular formula is C6H11K. The van der Waals surface area contributed by atoms with Crippen LogP contribution in [-0.2, 0) is 0 Å².